The molecule has 0 amide bonds. The van der Waals surface area contributed by atoms with Gasteiger partial charge >= 0.3 is 0 Å². The number of halogens is 1. The first-order chi connectivity index (χ1) is 5.74. The van der Waals surface area contributed by atoms with E-state index in [9.17, 15) is 0 Å². The third-order valence-electron chi connectivity index (χ3n) is 1.61. The lowest BCUT2D eigenvalue weighted by molar-refractivity contribution is 0.303. The number of pyridine rings is 1. The van der Waals surface area contributed by atoms with Gasteiger partial charge < -0.3 is 10.5 Å². The summed E-state index contributed by atoms with van der Waals surface area (Å²) >= 11 is 3.25. The van der Waals surface area contributed by atoms with Crippen LogP contribution in [-0.2, 0) is 0 Å². The smallest absolute Gasteiger partial charge is 0.128 e. The van der Waals surface area contributed by atoms with Crippen molar-refractivity contribution in [2.24, 2.45) is 0 Å². The molecule has 0 unspecified atom stereocenters. The van der Waals surface area contributed by atoms with Crippen molar-refractivity contribution in [3.63, 3.8) is 0 Å². The Labute approximate surface area is 79.1 Å². The minimum absolute atomic E-state index is 0.402. The van der Waals surface area contributed by atoms with E-state index in [1.165, 1.54) is 0 Å². The molecule has 1 aromatic heterocycles. The molecule has 1 aliphatic carbocycles. The zero-order valence-corrected chi connectivity index (χ0v) is 8.04. The molecule has 0 aliphatic heterocycles. The van der Waals surface area contributed by atoms with E-state index < -0.39 is 0 Å². The molecule has 0 aromatic carbocycles. The van der Waals surface area contributed by atoms with E-state index in [1.54, 1.807) is 6.07 Å². The molecular formula is C8H9BrN2O. The van der Waals surface area contributed by atoms with E-state index in [0.717, 1.165) is 23.2 Å². The summed E-state index contributed by atoms with van der Waals surface area (Å²) in [6.45, 7) is 0. The summed E-state index contributed by atoms with van der Waals surface area (Å²) in [7, 11) is 0. The molecule has 0 atom stereocenters. The minimum atomic E-state index is 0.402. The molecule has 1 saturated carbocycles. The van der Waals surface area contributed by atoms with Gasteiger partial charge in [0.05, 0.1) is 6.10 Å². The number of rotatable bonds is 2. The Bertz CT molecular complexity index is 279. The van der Waals surface area contributed by atoms with Crippen LogP contribution in [0.2, 0.25) is 0 Å². The van der Waals surface area contributed by atoms with Crippen LogP contribution < -0.4 is 10.5 Å². The highest BCUT2D eigenvalue weighted by Gasteiger charge is 2.23. The van der Waals surface area contributed by atoms with Crippen LogP contribution in [0.5, 0.6) is 5.75 Å². The zero-order chi connectivity index (χ0) is 8.55. The van der Waals surface area contributed by atoms with Gasteiger partial charge in [0.25, 0.3) is 0 Å². The summed E-state index contributed by atoms with van der Waals surface area (Å²) in [6, 6.07) is 3.57. The molecule has 1 aromatic rings. The molecule has 0 spiro atoms. The quantitative estimate of drug-likeness (QED) is 0.788. The maximum Gasteiger partial charge on any atom is 0.128 e. The fraction of sp³-hybridized carbons (Fsp3) is 0.375. The number of nitrogen functional groups attached to an aromatic ring is 1. The second kappa shape index (κ2) is 2.94. The predicted molar refractivity (Wildman–Crippen MR) is 50.0 cm³/mol. The van der Waals surface area contributed by atoms with Crippen LogP contribution in [0.15, 0.2) is 16.7 Å². The van der Waals surface area contributed by atoms with E-state index in [0.29, 0.717) is 11.9 Å². The first-order valence-corrected chi connectivity index (χ1v) is 4.63. The van der Waals surface area contributed by atoms with Crippen molar-refractivity contribution in [3.05, 3.63) is 16.7 Å². The summed E-state index contributed by atoms with van der Waals surface area (Å²) < 4.78 is 6.26. The van der Waals surface area contributed by atoms with Crippen LogP contribution in [0.25, 0.3) is 0 Å². The highest BCUT2D eigenvalue weighted by atomic mass is 79.9. The summed E-state index contributed by atoms with van der Waals surface area (Å²) in [5.41, 5.74) is 5.53. The van der Waals surface area contributed by atoms with Gasteiger partial charge in [0.2, 0.25) is 0 Å². The first kappa shape index (κ1) is 7.86. The van der Waals surface area contributed by atoms with Gasteiger partial charge in [-0.15, -0.1) is 0 Å². The summed E-state index contributed by atoms with van der Waals surface area (Å²) in [6.07, 6.45) is 2.71. The Balaban J connectivity index is 2.18. The molecule has 4 heteroatoms. The van der Waals surface area contributed by atoms with Crippen LogP contribution in [0.3, 0.4) is 0 Å². The van der Waals surface area contributed by atoms with Crippen LogP contribution in [0.4, 0.5) is 5.82 Å². The molecule has 0 saturated heterocycles. The van der Waals surface area contributed by atoms with Crippen molar-refractivity contribution in [2.45, 2.75) is 18.9 Å². The fourth-order valence-corrected chi connectivity index (χ4v) is 1.37. The maximum absolute atomic E-state index is 5.54. The molecule has 2 rings (SSSR count). The van der Waals surface area contributed by atoms with Gasteiger partial charge in [0.1, 0.15) is 16.2 Å². The molecule has 12 heavy (non-hydrogen) atoms. The second-order valence-corrected chi connectivity index (χ2v) is 3.68. The van der Waals surface area contributed by atoms with Gasteiger partial charge in [-0.3, -0.25) is 0 Å². The van der Waals surface area contributed by atoms with Crippen LogP contribution in [-0.4, -0.2) is 11.1 Å². The number of anilines is 1. The lowest BCUT2D eigenvalue weighted by Crippen LogP contribution is -1.98. The van der Waals surface area contributed by atoms with Crippen molar-refractivity contribution < 1.29 is 4.74 Å². The molecule has 64 valence electrons. The molecular weight excluding hydrogens is 220 g/mol. The zero-order valence-electron chi connectivity index (χ0n) is 6.46. The SMILES string of the molecule is Nc1cc(OC2CC2)cc(Br)n1. The molecule has 0 bridgehead atoms. The number of hydrogen-bond donors (Lipinski definition) is 1. The molecule has 1 fully saturated rings. The lowest BCUT2D eigenvalue weighted by atomic mass is 10.4. The Morgan fingerprint density at radius 1 is 1.50 bits per heavy atom. The average molecular weight is 229 g/mol. The lowest BCUT2D eigenvalue weighted by Gasteiger charge is -2.04. The molecule has 2 N–H and O–H groups in total. The van der Waals surface area contributed by atoms with Crippen LogP contribution >= 0.6 is 15.9 Å². The summed E-state index contributed by atoms with van der Waals surface area (Å²) in [5, 5.41) is 0. The van der Waals surface area contributed by atoms with Crippen molar-refractivity contribution in [2.75, 3.05) is 5.73 Å². The largest absolute Gasteiger partial charge is 0.490 e. The molecule has 0 radical (unpaired) electrons. The number of hydrogen-bond acceptors (Lipinski definition) is 3. The van der Waals surface area contributed by atoms with Crippen molar-refractivity contribution in [1.82, 2.24) is 4.98 Å². The normalized spacial score (nSPS) is 16.1. The highest BCUT2D eigenvalue weighted by molar-refractivity contribution is 9.10. The Morgan fingerprint density at radius 2 is 2.25 bits per heavy atom. The van der Waals surface area contributed by atoms with Gasteiger partial charge in [-0.1, -0.05) is 0 Å². The number of nitrogens with two attached hydrogens (primary N) is 1. The number of ether oxygens (including phenoxy) is 1. The van der Waals surface area contributed by atoms with Crippen LogP contribution in [0, 0.1) is 0 Å². The van der Waals surface area contributed by atoms with Gasteiger partial charge in [-0.25, -0.2) is 4.98 Å². The molecule has 1 aliphatic rings. The van der Waals surface area contributed by atoms with Crippen molar-refractivity contribution in [1.29, 1.82) is 0 Å². The standard InChI is InChI=1S/C8H9BrN2O/c9-7-3-6(4-8(10)11-7)12-5-1-2-5/h3-5H,1-2H2,(H2,10,11). The Morgan fingerprint density at radius 3 is 2.83 bits per heavy atom. The fourth-order valence-electron chi connectivity index (χ4n) is 0.939. The summed E-state index contributed by atoms with van der Waals surface area (Å²) in [4.78, 5) is 3.98. The van der Waals surface area contributed by atoms with Gasteiger partial charge in [-0.2, -0.15) is 0 Å². The number of aromatic nitrogens is 1. The van der Waals surface area contributed by atoms with E-state index in [-0.39, 0.29) is 0 Å². The second-order valence-electron chi connectivity index (χ2n) is 2.87. The summed E-state index contributed by atoms with van der Waals surface area (Å²) in [5.74, 6) is 1.29. The highest BCUT2D eigenvalue weighted by Crippen LogP contribution is 2.28. The monoisotopic (exact) mass is 228 g/mol. The van der Waals surface area contributed by atoms with E-state index in [2.05, 4.69) is 20.9 Å². The number of nitrogens with zero attached hydrogens (tertiary/aromatic N) is 1. The Kier molecular flexibility index (Phi) is 1.92. The van der Waals surface area contributed by atoms with Gasteiger partial charge in [-0.05, 0) is 28.8 Å². The molecule has 1 heterocycles. The maximum atomic E-state index is 5.54. The minimum Gasteiger partial charge on any atom is -0.490 e. The van der Waals surface area contributed by atoms with Gasteiger partial charge in [0.15, 0.2) is 0 Å². The Hall–Kier alpha value is -0.770. The third kappa shape index (κ3) is 1.88. The predicted octanol–water partition coefficient (Wildman–Crippen LogP) is 1.97. The van der Waals surface area contributed by atoms with E-state index >= 15 is 0 Å². The topological polar surface area (TPSA) is 48.1 Å². The third-order valence-corrected chi connectivity index (χ3v) is 2.02. The van der Waals surface area contributed by atoms with Crippen molar-refractivity contribution >= 4 is 21.7 Å². The first-order valence-electron chi connectivity index (χ1n) is 3.84. The van der Waals surface area contributed by atoms with Gasteiger partial charge in [0, 0.05) is 12.1 Å². The molecule has 3 nitrogen and oxygen atoms in total. The van der Waals surface area contributed by atoms with Crippen molar-refractivity contribution in [3.8, 4) is 5.75 Å². The van der Waals surface area contributed by atoms with E-state index in [4.69, 9.17) is 10.5 Å². The van der Waals surface area contributed by atoms with E-state index in [1.807, 2.05) is 6.07 Å². The van der Waals surface area contributed by atoms with Crippen LogP contribution in [0.1, 0.15) is 12.8 Å². The average Bonchev–Trinajstić information content (AvgIpc) is 2.68.